The zero-order chi connectivity index (χ0) is 6.41. The van der Waals surface area contributed by atoms with Crippen LogP contribution in [-0.4, -0.2) is 0 Å². The minimum atomic E-state index is 1.09. The van der Waals surface area contributed by atoms with E-state index in [0.717, 1.165) is 5.57 Å². The van der Waals surface area contributed by atoms with E-state index in [0.29, 0.717) is 0 Å². The lowest BCUT2D eigenvalue weighted by Crippen LogP contribution is -1.62. The van der Waals surface area contributed by atoms with Crippen molar-refractivity contribution in [3.63, 3.8) is 0 Å². The molecule has 8 heavy (non-hydrogen) atoms. The summed E-state index contributed by atoms with van der Waals surface area (Å²) in [6, 6.07) is 0. The summed E-state index contributed by atoms with van der Waals surface area (Å²) in [5.41, 5.74) is 1.09. The fourth-order valence-corrected chi connectivity index (χ4v) is 0.237. The molecule has 0 heterocycles. The summed E-state index contributed by atoms with van der Waals surface area (Å²) in [6.07, 6.45) is 3.56. The third-order valence-corrected chi connectivity index (χ3v) is 0.804. The van der Waals surface area contributed by atoms with Crippen LogP contribution < -0.4 is 0 Å². The Hall–Kier alpha value is -0.960. The highest BCUT2D eigenvalue weighted by Crippen LogP contribution is 1.85. The Kier molecular flexibility index (Phi) is 3.70. The molecule has 0 bridgehead atoms. The van der Waals surface area contributed by atoms with E-state index in [1.807, 2.05) is 19.9 Å². The van der Waals surface area contributed by atoms with E-state index in [4.69, 9.17) is 0 Å². The number of hydrogen-bond acceptors (Lipinski definition) is 0. The first-order chi connectivity index (χ1) is 3.81. The Morgan fingerprint density at radius 1 is 1.62 bits per heavy atom. The van der Waals surface area contributed by atoms with Crippen LogP contribution in [0.2, 0.25) is 0 Å². The smallest absolute Gasteiger partial charge is 0.00499 e. The molecule has 0 nitrogen and oxygen atoms in total. The molecule has 0 aromatic heterocycles. The lowest BCUT2D eigenvalue weighted by atomic mass is 10.3. The molecule has 0 aromatic carbocycles. The van der Waals surface area contributed by atoms with Crippen LogP contribution in [0, 0.1) is 11.8 Å². The maximum Gasteiger partial charge on any atom is -0.00499 e. The molecule has 0 heteroatoms. The van der Waals surface area contributed by atoms with Crippen molar-refractivity contribution in [2.45, 2.75) is 13.8 Å². The number of rotatable bonds is 0. The van der Waals surface area contributed by atoms with Gasteiger partial charge < -0.3 is 0 Å². The van der Waals surface area contributed by atoms with Gasteiger partial charge in [0, 0.05) is 0 Å². The molecule has 0 rings (SSSR count). The average Bonchev–Trinajstić information content (AvgIpc) is 1.83. The molecule has 0 fully saturated rings. The van der Waals surface area contributed by atoms with Gasteiger partial charge in [0.15, 0.2) is 0 Å². The Balaban J connectivity index is 3.88. The van der Waals surface area contributed by atoms with E-state index < -0.39 is 0 Å². The highest BCUT2D eigenvalue weighted by atomic mass is 13.7. The highest BCUT2D eigenvalue weighted by molar-refractivity contribution is 5.29. The standard InChI is InChI=1S/C8H10/c1-4-6-7-8(3)5-2/h4-5H,1H2,2-3H3. The molecule has 0 amide bonds. The van der Waals surface area contributed by atoms with E-state index in [-0.39, 0.29) is 0 Å². The van der Waals surface area contributed by atoms with E-state index in [1.165, 1.54) is 0 Å². The molecular weight excluding hydrogens is 96.1 g/mol. The molecule has 0 saturated heterocycles. The summed E-state index contributed by atoms with van der Waals surface area (Å²) in [7, 11) is 0. The largest absolute Gasteiger partial charge is 0.0906 e. The average molecular weight is 106 g/mol. The second-order valence-corrected chi connectivity index (χ2v) is 1.45. The van der Waals surface area contributed by atoms with E-state index in [2.05, 4.69) is 18.4 Å². The van der Waals surface area contributed by atoms with Gasteiger partial charge in [-0.05, 0) is 25.5 Å². The summed E-state index contributed by atoms with van der Waals surface area (Å²) in [5, 5.41) is 0. The van der Waals surface area contributed by atoms with Crippen LogP contribution in [0.15, 0.2) is 24.3 Å². The van der Waals surface area contributed by atoms with Gasteiger partial charge in [0.1, 0.15) is 0 Å². The van der Waals surface area contributed by atoms with Crippen molar-refractivity contribution < 1.29 is 0 Å². The van der Waals surface area contributed by atoms with Crippen molar-refractivity contribution in [2.24, 2.45) is 0 Å². The second-order valence-electron chi connectivity index (χ2n) is 1.45. The molecule has 0 atom stereocenters. The van der Waals surface area contributed by atoms with Crippen LogP contribution in [0.5, 0.6) is 0 Å². The van der Waals surface area contributed by atoms with Gasteiger partial charge >= 0.3 is 0 Å². The number of hydrogen-bond donors (Lipinski definition) is 0. The Morgan fingerprint density at radius 2 is 2.25 bits per heavy atom. The van der Waals surface area contributed by atoms with E-state index in [1.54, 1.807) is 6.08 Å². The van der Waals surface area contributed by atoms with Crippen LogP contribution in [0.25, 0.3) is 0 Å². The van der Waals surface area contributed by atoms with Crippen molar-refractivity contribution in [2.75, 3.05) is 0 Å². The van der Waals surface area contributed by atoms with Crippen LogP contribution >= 0.6 is 0 Å². The van der Waals surface area contributed by atoms with Crippen LogP contribution in [0.1, 0.15) is 13.8 Å². The Bertz CT molecular complexity index is 151. The van der Waals surface area contributed by atoms with Gasteiger partial charge in [0.2, 0.25) is 0 Å². The minimum absolute atomic E-state index is 1.09. The van der Waals surface area contributed by atoms with Gasteiger partial charge in [0.05, 0.1) is 0 Å². The maximum atomic E-state index is 3.47. The Morgan fingerprint density at radius 3 is 2.62 bits per heavy atom. The summed E-state index contributed by atoms with van der Waals surface area (Å²) in [4.78, 5) is 0. The quantitative estimate of drug-likeness (QED) is 0.415. The molecule has 0 aliphatic rings. The monoisotopic (exact) mass is 106 g/mol. The van der Waals surface area contributed by atoms with Crippen molar-refractivity contribution in [1.82, 2.24) is 0 Å². The summed E-state index contributed by atoms with van der Waals surface area (Å²) in [5.74, 6) is 5.62. The molecule has 0 spiro atoms. The molecular formula is C8H10. The van der Waals surface area contributed by atoms with Crippen LogP contribution in [-0.2, 0) is 0 Å². The van der Waals surface area contributed by atoms with Crippen molar-refractivity contribution >= 4 is 0 Å². The summed E-state index contributed by atoms with van der Waals surface area (Å²) >= 11 is 0. The molecule has 0 radical (unpaired) electrons. The molecule has 0 saturated carbocycles. The van der Waals surface area contributed by atoms with Crippen molar-refractivity contribution in [1.29, 1.82) is 0 Å². The van der Waals surface area contributed by atoms with E-state index in [9.17, 15) is 0 Å². The van der Waals surface area contributed by atoms with Crippen LogP contribution in [0.3, 0.4) is 0 Å². The first-order valence-electron chi connectivity index (χ1n) is 2.56. The third-order valence-electron chi connectivity index (χ3n) is 0.804. The SMILES string of the molecule is C=CC#CC(C)=CC. The van der Waals surface area contributed by atoms with Crippen LogP contribution in [0.4, 0.5) is 0 Å². The summed E-state index contributed by atoms with van der Waals surface area (Å²) in [6.45, 7) is 7.40. The molecule has 0 aliphatic carbocycles. The fourth-order valence-electron chi connectivity index (χ4n) is 0.237. The van der Waals surface area contributed by atoms with Gasteiger partial charge in [-0.15, -0.1) is 0 Å². The zero-order valence-electron chi connectivity index (χ0n) is 5.36. The van der Waals surface area contributed by atoms with Crippen molar-refractivity contribution in [3.05, 3.63) is 24.3 Å². The number of allylic oxidation sites excluding steroid dienone is 3. The Labute approximate surface area is 50.9 Å². The molecule has 0 N–H and O–H groups in total. The lowest BCUT2D eigenvalue weighted by molar-refractivity contribution is 1.52. The second kappa shape index (κ2) is 4.21. The zero-order valence-corrected chi connectivity index (χ0v) is 5.36. The first-order valence-corrected chi connectivity index (χ1v) is 2.56. The van der Waals surface area contributed by atoms with Gasteiger partial charge in [-0.25, -0.2) is 0 Å². The maximum absolute atomic E-state index is 3.47. The predicted octanol–water partition coefficient (Wildman–Crippen LogP) is 2.14. The molecule has 42 valence electrons. The molecule has 0 unspecified atom stereocenters. The topological polar surface area (TPSA) is 0 Å². The summed E-state index contributed by atoms with van der Waals surface area (Å²) < 4.78 is 0. The fraction of sp³-hybridized carbons (Fsp3) is 0.250. The minimum Gasteiger partial charge on any atom is -0.0906 e. The molecule has 0 aromatic rings. The predicted molar refractivity (Wildman–Crippen MR) is 37.4 cm³/mol. The first kappa shape index (κ1) is 7.04. The normalized spacial score (nSPS) is 9.50. The van der Waals surface area contributed by atoms with Gasteiger partial charge in [-0.2, -0.15) is 0 Å². The van der Waals surface area contributed by atoms with Gasteiger partial charge in [0.25, 0.3) is 0 Å². The van der Waals surface area contributed by atoms with Gasteiger partial charge in [-0.1, -0.05) is 24.5 Å². The third kappa shape index (κ3) is 3.24. The van der Waals surface area contributed by atoms with E-state index >= 15 is 0 Å². The highest BCUT2D eigenvalue weighted by Gasteiger charge is 1.69. The van der Waals surface area contributed by atoms with Gasteiger partial charge in [-0.3, -0.25) is 0 Å². The molecule has 0 aliphatic heterocycles. The van der Waals surface area contributed by atoms with Crippen molar-refractivity contribution in [3.8, 4) is 11.8 Å². The lowest BCUT2D eigenvalue weighted by Gasteiger charge is -1.76.